The van der Waals surface area contributed by atoms with Gasteiger partial charge in [-0.15, -0.1) is 11.3 Å². The van der Waals surface area contributed by atoms with Gasteiger partial charge in [-0.2, -0.15) is 0 Å². The van der Waals surface area contributed by atoms with E-state index in [1.165, 1.54) is 6.08 Å². The summed E-state index contributed by atoms with van der Waals surface area (Å²) >= 11 is 1.09. The first kappa shape index (κ1) is 25.1. The summed E-state index contributed by atoms with van der Waals surface area (Å²) in [5, 5.41) is 3.04. The molecule has 0 aliphatic carbocycles. The van der Waals surface area contributed by atoms with Crippen LogP contribution < -0.4 is 10.1 Å². The molecule has 1 heterocycles. The first-order valence-electron chi connectivity index (χ1n) is 10.5. The molecule has 2 aromatic rings. The van der Waals surface area contributed by atoms with Crippen LogP contribution in [0.4, 0.5) is 5.00 Å². The van der Waals surface area contributed by atoms with Crippen LogP contribution in [0.2, 0.25) is 0 Å². The second-order valence-electron chi connectivity index (χ2n) is 7.29. The molecule has 32 heavy (non-hydrogen) atoms. The van der Waals surface area contributed by atoms with Crippen molar-refractivity contribution in [3.8, 4) is 5.75 Å². The third-order valence-corrected chi connectivity index (χ3v) is 5.91. The number of nitrogens with one attached hydrogen (secondary N) is 1. The lowest BCUT2D eigenvalue weighted by molar-refractivity contribution is -0.111. The number of hydrogen-bond acceptors (Lipinski definition) is 6. The van der Waals surface area contributed by atoms with Crippen LogP contribution in [0.1, 0.15) is 58.9 Å². The van der Waals surface area contributed by atoms with Crippen molar-refractivity contribution in [1.82, 2.24) is 4.90 Å². The number of carbonyl (C=O) groups is 3. The largest absolute Gasteiger partial charge is 0.497 e. The molecule has 2 rings (SSSR count). The summed E-state index contributed by atoms with van der Waals surface area (Å²) < 4.78 is 10.5. The Morgan fingerprint density at radius 3 is 2.28 bits per heavy atom. The monoisotopic (exact) mass is 458 g/mol. The molecule has 1 N–H and O–H groups in total. The number of thiophene rings is 1. The normalized spacial score (nSPS) is 11.0. The Morgan fingerprint density at radius 2 is 1.75 bits per heavy atom. The number of methoxy groups -OCH3 is 1. The third kappa shape index (κ3) is 6.20. The van der Waals surface area contributed by atoms with Gasteiger partial charge in [0, 0.05) is 19.2 Å². The van der Waals surface area contributed by atoms with Gasteiger partial charge in [0.2, 0.25) is 5.91 Å². The summed E-state index contributed by atoms with van der Waals surface area (Å²) in [6.45, 7) is 10.1. The van der Waals surface area contributed by atoms with E-state index in [1.807, 2.05) is 26.0 Å². The number of anilines is 1. The maximum atomic E-state index is 12.9. The lowest BCUT2D eigenvalue weighted by Gasteiger charge is -2.18. The van der Waals surface area contributed by atoms with Crippen molar-refractivity contribution in [1.29, 1.82) is 0 Å². The van der Waals surface area contributed by atoms with Gasteiger partial charge in [0.05, 0.1) is 23.7 Å². The Labute approximate surface area is 193 Å². The topological polar surface area (TPSA) is 84.9 Å². The summed E-state index contributed by atoms with van der Waals surface area (Å²) in [7, 11) is 1.59. The van der Waals surface area contributed by atoms with E-state index in [4.69, 9.17) is 9.47 Å². The van der Waals surface area contributed by atoms with Gasteiger partial charge < -0.3 is 19.7 Å². The van der Waals surface area contributed by atoms with E-state index >= 15 is 0 Å². The summed E-state index contributed by atoms with van der Waals surface area (Å²) in [6.07, 6.45) is 2.70. The van der Waals surface area contributed by atoms with Gasteiger partial charge in [0.1, 0.15) is 10.8 Å². The maximum Gasteiger partial charge on any atom is 0.341 e. The molecule has 0 spiro atoms. The van der Waals surface area contributed by atoms with Gasteiger partial charge >= 0.3 is 5.97 Å². The van der Waals surface area contributed by atoms with Crippen molar-refractivity contribution in [2.45, 2.75) is 40.7 Å². The van der Waals surface area contributed by atoms with Crippen LogP contribution in [0.15, 0.2) is 30.3 Å². The molecule has 0 fully saturated rings. The molecule has 1 aromatic heterocycles. The number of amides is 2. The Balaban J connectivity index is 2.33. The highest BCUT2D eigenvalue weighted by atomic mass is 32.1. The Bertz CT molecular complexity index is 989. The predicted octanol–water partition coefficient (Wildman–Crippen LogP) is 4.76. The third-order valence-electron chi connectivity index (χ3n) is 4.72. The summed E-state index contributed by atoms with van der Waals surface area (Å²) in [5.41, 5.74) is 1.54. The lowest BCUT2D eigenvalue weighted by atomic mass is 10.1. The van der Waals surface area contributed by atoms with Crippen LogP contribution >= 0.6 is 11.3 Å². The Kier molecular flexibility index (Phi) is 9.02. The van der Waals surface area contributed by atoms with Crippen molar-refractivity contribution in [3.05, 3.63) is 51.9 Å². The van der Waals surface area contributed by atoms with E-state index in [0.29, 0.717) is 28.5 Å². The zero-order valence-electron chi connectivity index (χ0n) is 19.4. The molecule has 0 atom stereocenters. The number of nitrogens with zero attached hydrogens (tertiary/aromatic N) is 1. The molecule has 1 aromatic carbocycles. The molecule has 0 saturated heterocycles. The number of benzene rings is 1. The minimum Gasteiger partial charge on any atom is -0.497 e. The van der Waals surface area contributed by atoms with E-state index in [1.54, 1.807) is 51.0 Å². The van der Waals surface area contributed by atoms with Crippen LogP contribution in [0.3, 0.4) is 0 Å². The zero-order valence-corrected chi connectivity index (χ0v) is 20.2. The van der Waals surface area contributed by atoms with E-state index in [2.05, 4.69) is 5.32 Å². The van der Waals surface area contributed by atoms with Crippen molar-refractivity contribution < 1.29 is 23.9 Å². The lowest BCUT2D eigenvalue weighted by Crippen LogP contribution is -2.30. The van der Waals surface area contributed by atoms with Crippen molar-refractivity contribution in [3.63, 3.8) is 0 Å². The summed E-state index contributed by atoms with van der Waals surface area (Å²) in [5.74, 6) is -0.436. The predicted molar refractivity (Wildman–Crippen MR) is 128 cm³/mol. The van der Waals surface area contributed by atoms with Gasteiger partial charge in [-0.05, 0) is 64.0 Å². The first-order chi connectivity index (χ1) is 15.2. The average Bonchev–Trinajstić information content (AvgIpc) is 3.08. The number of esters is 1. The smallest absolute Gasteiger partial charge is 0.341 e. The minimum atomic E-state index is -0.568. The molecular formula is C24H30N2O5S. The molecule has 0 aliphatic heterocycles. The molecule has 7 nitrogen and oxygen atoms in total. The molecule has 0 bridgehead atoms. The molecule has 0 aliphatic rings. The second kappa shape index (κ2) is 11.5. The van der Waals surface area contributed by atoms with Gasteiger partial charge in [-0.3, -0.25) is 9.59 Å². The van der Waals surface area contributed by atoms with E-state index < -0.39 is 11.9 Å². The number of rotatable bonds is 9. The molecule has 0 unspecified atom stereocenters. The summed E-state index contributed by atoms with van der Waals surface area (Å²) in [6, 6.07) is 7.24. The summed E-state index contributed by atoms with van der Waals surface area (Å²) in [4.78, 5) is 40.3. The fourth-order valence-electron chi connectivity index (χ4n) is 3.02. The molecular weight excluding hydrogens is 428 g/mol. The first-order valence-corrected chi connectivity index (χ1v) is 11.3. The van der Waals surface area contributed by atoms with Crippen LogP contribution in [0.25, 0.3) is 6.08 Å². The van der Waals surface area contributed by atoms with Crippen molar-refractivity contribution in [2.75, 3.05) is 25.5 Å². The highest BCUT2D eigenvalue weighted by Gasteiger charge is 2.28. The maximum absolute atomic E-state index is 12.9. The second-order valence-corrected chi connectivity index (χ2v) is 8.31. The molecule has 8 heteroatoms. The SMILES string of the molecule is CCN(CC)C(=O)c1sc(NC(=O)/C=C/c2ccc(OC)cc2)c(C(=O)OC(C)C)c1C. The minimum absolute atomic E-state index is 0.176. The van der Waals surface area contributed by atoms with Crippen molar-refractivity contribution in [2.24, 2.45) is 0 Å². The van der Waals surface area contributed by atoms with E-state index in [9.17, 15) is 14.4 Å². The van der Waals surface area contributed by atoms with E-state index in [0.717, 1.165) is 22.6 Å². The highest BCUT2D eigenvalue weighted by Crippen LogP contribution is 2.35. The van der Waals surface area contributed by atoms with E-state index in [-0.39, 0.29) is 17.6 Å². The Hall–Kier alpha value is -3.13. The fourth-order valence-corrected chi connectivity index (χ4v) is 4.19. The van der Waals surface area contributed by atoms with Crippen LogP contribution in [-0.2, 0) is 9.53 Å². The number of hydrogen-bond donors (Lipinski definition) is 1. The average molecular weight is 459 g/mol. The molecule has 2 amide bonds. The van der Waals surface area contributed by atoms with Gasteiger partial charge in [0.15, 0.2) is 0 Å². The fraction of sp³-hybridized carbons (Fsp3) is 0.375. The van der Waals surface area contributed by atoms with Crippen LogP contribution in [-0.4, -0.2) is 49.0 Å². The Morgan fingerprint density at radius 1 is 1.12 bits per heavy atom. The highest BCUT2D eigenvalue weighted by molar-refractivity contribution is 7.18. The van der Waals surface area contributed by atoms with Gasteiger partial charge in [0.25, 0.3) is 5.91 Å². The molecule has 172 valence electrons. The zero-order chi connectivity index (χ0) is 23.8. The van der Waals surface area contributed by atoms with Crippen molar-refractivity contribution >= 4 is 40.2 Å². The molecule has 0 saturated carbocycles. The standard InChI is InChI=1S/C24H30N2O5S/c1-7-26(8-2)23(28)21-16(5)20(24(29)31-15(3)4)22(32-21)25-19(27)14-11-17-9-12-18(30-6)13-10-17/h9-15H,7-8H2,1-6H3,(H,25,27)/b14-11+. The van der Waals surface area contributed by atoms with Crippen LogP contribution in [0, 0.1) is 6.92 Å². The number of ether oxygens (including phenoxy) is 2. The van der Waals surface area contributed by atoms with Gasteiger partial charge in [-0.25, -0.2) is 4.79 Å². The quantitative estimate of drug-likeness (QED) is 0.432. The van der Waals surface area contributed by atoms with Gasteiger partial charge in [-0.1, -0.05) is 12.1 Å². The van der Waals surface area contributed by atoms with Crippen LogP contribution in [0.5, 0.6) is 5.75 Å². The number of carbonyl (C=O) groups excluding carboxylic acids is 3. The molecule has 0 radical (unpaired) electrons.